The lowest BCUT2D eigenvalue weighted by Crippen LogP contribution is -2.53. The van der Waals surface area contributed by atoms with E-state index in [0.29, 0.717) is 10.9 Å². The predicted octanol–water partition coefficient (Wildman–Crippen LogP) is 0.600. The van der Waals surface area contributed by atoms with Crippen LogP contribution < -0.4 is 0 Å². The van der Waals surface area contributed by atoms with Gasteiger partial charge in [-0.15, -0.1) is 0 Å². The van der Waals surface area contributed by atoms with E-state index in [-0.39, 0.29) is 18.0 Å². The Morgan fingerprint density at radius 2 is 2.00 bits per heavy atom. The van der Waals surface area contributed by atoms with Crippen molar-refractivity contribution in [2.24, 2.45) is 0 Å². The van der Waals surface area contributed by atoms with Crippen LogP contribution in [0.2, 0.25) is 0 Å². The van der Waals surface area contributed by atoms with E-state index in [4.69, 9.17) is 0 Å². The molecule has 1 saturated heterocycles. The van der Waals surface area contributed by atoms with E-state index in [9.17, 15) is 13.5 Å². The van der Waals surface area contributed by atoms with Gasteiger partial charge in [-0.05, 0) is 24.3 Å². The number of pyridine rings is 1. The Kier molecular flexibility index (Phi) is 2.58. The molecule has 1 fully saturated rings. The van der Waals surface area contributed by atoms with Crippen molar-refractivity contribution in [3.05, 3.63) is 36.5 Å². The van der Waals surface area contributed by atoms with Gasteiger partial charge in [0.05, 0.1) is 16.5 Å². The maximum Gasteiger partial charge on any atom is 0.243 e. The van der Waals surface area contributed by atoms with Gasteiger partial charge >= 0.3 is 0 Å². The van der Waals surface area contributed by atoms with Gasteiger partial charge < -0.3 is 5.11 Å². The third-order valence-electron chi connectivity index (χ3n) is 3.05. The first-order valence-electron chi connectivity index (χ1n) is 5.61. The Morgan fingerprint density at radius 1 is 1.22 bits per heavy atom. The molecular formula is C12H12N2O3S. The minimum atomic E-state index is -3.53. The van der Waals surface area contributed by atoms with Crippen molar-refractivity contribution in [2.75, 3.05) is 13.1 Å². The average molecular weight is 264 g/mol. The van der Waals surface area contributed by atoms with Crippen LogP contribution in [-0.4, -0.2) is 42.0 Å². The minimum Gasteiger partial charge on any atom is -0.390 e. The van der Waals surface area contributed by atoms with Crippen molar-refractivity contribution >= 4 is 20.9 Å². The molecule has 2 aromatic rings. The first-order valence-corrected chi connectivity index (χ1v) is 7.05. The zero-order valence-corrected chi connectivity index (χ0v) is 10.3. The number of aromatic nitrogens is 1. The highest BCUT2D eigenvalue weighted by molar-refractivity contribution is 7.89. The molecule has 3 rings (SSSR count). The normalized spacial score (nSPS) is 17.8. The van der Waals surface area contributed by atoms with Gasteiger partial charge in [0.25, 0.3) is 0 Å². The van der Waals surface area contributed by atoms with Gasteiger partial charge in [0.15, 0.2) is 0 Å². The maximum absolute atomic E-state index is 12.4. The van der Waals surface area contributed by atoms with Crippen LogP contribution in [0.4, 0.5) is 0 Å². The van der Waals surface area contributed by atoms with E-state index in [2.05, 4.69) is 4.98 Å². The second-order valence-corrected chi connectivity index (χ2v) is 6.21. The summed E-state index contributed by atoms with van der Waals surface area (Å²) in [5, 5.41) is 9.84. The summed E-state index contributed by atoms with van der Waals surface area (Å²) in [4.78, 5) is 4.39. The molecule has 5 nitrogen and oxygen atoms in total. The van der Waals surface area contributed by atoms with Crippen LogP contribution in [-0.2, 0) is 10.0 Å². The fourth-order valence-corrected chi connectivity index (χ4v) is 3.77. The smallest absolute Gasteiger partial charge is 0.243 e. The molecule has 0 unspecified atom stereocenters. The Hall–Kier alpha value is -1.50. The van der Waals surface area contributed by atoms with E-state index in [0.717, 1.165) is 0 Å². The van der Waals surface area contributed by atoms with E-state index in [1.165, 1.54) is 4.31 Å². The molecule has 1 aromatic carbocycles. The summed E-state index contributed by atoms with van der Waals surface area (Å²) in [7, 11) is -3.53. The van der Waals surface area contributed by atoms with Gasteiger partial charge in [0, 0.05) is 24.7 Å². The Labute approximate surface area is 105 Å². The molecule has 0 spiro atoms. The van der Waals surface area contributed by atoms with Crippen molar-refractivity contribution in [3.63, 3.8) is 0 Å². The van der Waals surface area contributed by atoms with Crippen LogP contribution >= 0.6 is 0 Å². The number of fused-ring (bicyclic) bond motifs is 1. The van der Waals surface area contributed by atoms with Crippen LogP contribution in [0, 0.1) is 0 Å². The molecule has 0 atom stereocenters. The van der Waals surface area contributed by atoms with Gasteiger partial charge in [0.2, 0.25) is 10.0 Å². The van der Waals surface area contributed by atoms with Crippen molar-refractivity contribution in [2.45, 2.75) is 11.0 Å². The van der Waals surface area contributed by atoms with Crippen molar-refractivity contribution in [3.8, 4) is 0 Å². The first kappa shape index (κ1) is 11.6. The lowest BCUT2D eigenvalue weighted by molar-refractivity contribution is 0.0548. The molecule has 0 aliphatic carbocycles. The molecule has 18 heavy (non-hydrogen) atoms. The number of aliphatic hydroxyl groups is 1. The van der Waals surface area contributed by atoms with E-state index < -0.39 is 16.1 Å². The Balaban J connectivity index is 2.15. The number of hydrogen-bond acceptors (Lipinski definition) is 4. The summed E-state index contributed by atoms with van der Waals surface area (Å²) in [5.74, 6) is 0. The minimum absolute atomic E-state index is 0.166. The zero-order valence-electron chi connectivity index (χ0n) is 9.52. The number of rotatable bonds is 2. The molecule has 0 bridgehead atoms. The second kappa shape index (κ2) is 4.01. The molecule has 94 valence electrons. The SMILES string of the molecule is O=S(=O)(c1cccc2ncccc12)N1CC(O)C1. The summed E-state index contributed by atoms with van der Waals surface area (Å²) in [5.41, 5.74) is 0.652. The summed E-state index contributed by atoms with van der Waals surface area (Å²) in [6.45, 7) is 0.331. The highest BCUT2D eigenvalue weighted by Crippen LogP contribution is 2.27. The number of nitrogens with zero attached hydrogens (tertiary/aromatic N) is 2. The van der Waals surface area contributed by atoms with Crippen LogP contribution in [0.3, 0.4) is 0 Å². The number of benzene rings is 1. The van der Waals surface area contributed by atoms with Crippen LogP contribution in [0.5, 0.6) is 0 Å². The van der Waals surface area contributed by atoms with E-state index >= 15 is 0 Å². The molecule has 0 amide bonds. The molecule has 1 N–H and O–H groups in total. The number of sulfonamides is 1. The highest BCUT2D eigenvalue weighted by Gasteiger charge is 2.36. The molecular weight excluding hydrogens is 252 g/mol. The standard InChI is InChI=1S/C12H12N2O3S/c15-9-7-14(8-9)18(16,17)12-5-1-4-11-10(12)3-2-6-13-11/h1-6,9,15H,7-8H2. The number of β-amino-alcohol motifs (C(OH)–C–C–N with tert-alkyl or cyclic N) is 1. The molecule has 2 heterocycles. The van der Waals surface area contributed by atoms with Gasteiger partial charge in [-0.25, -0.2) is 8.42 Å². The average Bonchev–Trinajstić information content (AvgIpc) is 2.34. The lowest BCUT2D eigenvalue weighted by Gasteiger charge is -2.34. The van der Waals surface area contributed by atoms with E-state index in [1.54, 1.807) is 36.5 Å². The van der Waals surface area contributed by atoms with Crippen LogP contribution in [0.1, 0.15) is 0 Å². The number of hydrogen-bond donors (Lipinski definition) is 1. The quantitative estimate of drug-likeness (QED) is 0.862. The van der Waals surface area contributed by atoms with Crippen molar-refractivity contribution in [1.82, 2.24) is 9.29 Å². The Bertz CT molecular complexity index is 688. The van der Waals surface area contributed by atoms with Gasteiger partial charge in [0.1, 0.15) is 0 Å². The highest BCUT2D eigenvalue weighted by atomic mass is 32.2. The third kappa shape index (κ3) is 1.69. The first-order chi connectivity index (χ1) is 8.59. The molecule has 0 saturated carbocycles. The molecule has 1 aliphatic rings. The van der Waals surface area contributed by atoms with Crippen molar-refractivity contribution in [1.29, 1.82) is 0 Å². The lowest BCUT2D eigenvalue weighted by atomic mass is 10.2. The van der Waals surface area contributed by atoms with Crippen LogP contribution in [0.15, 0.2) is 41.4 Å². The predicted molar refractivity (Wildman–Crippen MR) is 66.5 cm³/mol. The van der Waals surface area contributed by atoms with Gasteiger partial charge in [-0.2, -0.15) is 4.31 Å². The molecule has 6 heteroatoms. The summed E-state index contributed by atoms with van der Waals surface area (Å²) in [6, 6.07) is 8.49. The van der Waals surface area contributed by atoms with E-state index in [1.807, 2.05) is 0 Å². The largest absolute Gasteiger partial charge is 0.390 e. The number of aliphatic hydroxyl groups excluding tert-OH is 1. The van der Waals surface area contributed by atoms with Crippen LogP contribution in [0.25, 0.3) is 10.9 Å². The van der Waals surface area contributed by atoms with Crippen molar-refractivity contribution < 1.29 is 13.5 Å². The topological polar surface area (TPSA) is 70.5 Å². The van der Waals surface area contributed by atoms with Gasteiger partial charge in [-0.3, -0.25) is 4.98 Å². The third-order valence-corrected chi connectivity index (χ3v) is 4.94. The molecule has 1 aliphatic heterocycles. The second-order valence-electron chi connectivity index (χ2n) is 4.30. The van der Waals surface area contributed by atoms with Gasteiger partial charge in [-0.1, -0.05) is 6.07 Å². The summed E-state index contributed by atoms with van der Waals surface area (Å²) in [6.07, 6.45) is 1.08. The molecule has 1 aromatic heterocycles. The summed E-state index contributed by atoms with van der Waals surface area (Å²) >= 11 is 0. The summed E-state index contributed by atoms with van der Waals surface area (Å²) < 4.78 is 26.0. The fourth-order valence-electron chi connectivity index (χ4n) is 2.05. The zero-order chi connectivity index (χ0) is 12.8. The molecule has 0 radical (unpaired) electrons. The fraction of sp³-hybridized carbons (Fsp3) is 0.250. The monoisotopic (exact) mass is 264 g/mol. The Morgan fingerprint density at radius 3 is 2.72 bits per heavy atom. The maximum atomic E-state index is 12.4.